The van der Waals surface area contributed by atoms with Crippen LogP contribution in [-0.4, -0.2) is 14.4 Å². The number of halogens is 3. The highest BCUT2D eigenvalue weighted by Crippen LogP contribution is 2.34. The Morgan fingerprint density at radius 1 is 1.00 bits per heavy atom. The summed E-state index contributed by atoms with van der Waals surface area (Å²) in [7, 11) is -4.18. The van der Waals surface area contributed by atoms with Gasteiger partial charge in [-0.15, -0.1) is 0 Å². The molecule has 31 heavy (non-hydrogen) atoms. The molecule has 0 unspecified atom stereocenters. The monoisotopic (exact) mass is 445 g/mol. The highest BCUT2D eigenvalue weighted by Gasteiger charge is 2.32. The first-order valence-corrected chi connectivity index (χ1v) is 10.9. The SMILES string of the molecule is Cc1ccccc1Cc1c(F)c(F)cc2c1NC(=NCc1ccc(F)cc1)NS2(=O)=O. The van der Waals surface area contributed by atoms with E-state index in [2.05, 4.69) is 15.0 Å². The largest absolute Gasteiger partial charge is 0.324 e. The van der Waals surface area contributed by atoms with E-state index in [0.29, 0.717) is 11.6 Å². The van der Waals surface area contributed by atoms with Gasteiger partial charge in [0.25, 0.3) is 10.0 Å². The zero-order valence-electron chi connectivity index (χ0n) is 16.4. The summed E-state index contributed by atoms with van der Waals surface area (Å²) in [4.78, 5) is 3.78. The number of sulfonamides is 1. The number of guanidine groups is 1. The Morgan fingerprint density at radius 2 is 1.71 bits per heavy atom. The first-order valence-electron chi connectivity index (χ1n) is 9.39. The Morgan fingerprint density at radius 3 is 2.42 bits per heavy atom. The highest BCUT2D eigenvalue weighted by molar-refractivity contribution is 7.90. The number of hydrogen-bond donors (Lipinski definition) is 2. The van der Waals surface area contributed by atoms with Crippen molar-refractivity contribution in [2.75, 3.05) is 5.32 Å². The summed E-state index contributed by atoms with van der Waals surface area (Å²) in [6.07, 6.45) is -0.00758. The normalized spacial score (nSPS) is 15.8. The fraction of sp³-hybridized carbons (Fsp3) is 0.136. The van der Waals surface area contributed by atoms with Crippen LogP contribution in [0.25, 0.3) is 0 Å². The molecule has 4 rings (SSSR count). The molecule has 0 amide bonds. The van der Waals surface area contributed by atoms with Crippen LogP contribution in [0.3, 0.4) is 0 Å². The van der Waals surface area contributed by atoms with Crippen LogP contribution in [0.15, 0.2) is 64.5 Å². The van der Waals surface area contributed by atoms with Gasteiger partial charge in [0.1, 0.15) is 10.7 Å². The second kappa shape index (κ2) is 8.07. The van der Waals surface area contributed by atoms with Gasteiger partial charge in [-0.05, 0) is 41.8 Å². The highest BCUT2D eigenvalue weighted by atomic mass is 32.2. The minimum atomic E-state index is -4.18. The Labute approximate surface area is 177 Å². The van der Waals surface area contributed by atoms with Crippen molar-refractivity contribution < 1.29 is 21.6 Å². The lowest BCUT2D eigenvalue weighted by Crippen LogP contribution is -2.41. The molecule has 0 saturated heterocycles. The summed E-state index contributed by atoms with van der Waals surface area (Å²) in [5.41, 5.74) is 2.08. The van der Waals surface area contributed by atoms with Crippen LogP contribution in [0.4, 0.5) is 18.9 Å². The minimum Gasteiger partial charge on any atom is -0.324 e. The molecule has 1 heterocycles. The molecule has 1 aliphatic rings. The summed E-state index contributed by atoms with van der Waals surface area (Å²) in [5, 5.41) is 2.79. The van der Waals surface area contributed by atoms with Gasteiger partial charge in [0.2, 0.25) is 5.96 Å². The van der Waals surface area contributed by atoms with E-state index >= 15 is 0 Å². The average Bonchev–Trinajstić information content (AvgIpc) is 2.73. The number of rotatable bonds is 4. The third kappa shape index (κ3) is 4.27. The Hall–Kier alpha value is -3.33. The molecular formula is C22H18F3N3O2S. The number of hydrogen-bond acceptors (Lipinski definition) is 3. The lowest BCUT2D eigenvalue weighted by Gasteiger charge is -2.25. The van der Waals surface area contributed by atoms with Crippen LogP contribution in [0.5, 0.6) is 0 Å². The van der Waals surface area contributed by atoms with Gasteiger partial charge < -0.3 is 5.32 Å². The molecule has 0 aliphatic carbocycles. The molecule has 160 valence electrons. The molecule has 0 radical (unpaired) electrons. The molecule has 0 atom stereocenters. The molecule has 9 heteroatoms. The van der Waals surface area contributed by atoms with E-state index in [1.807, 2.05) is 19.1 Å². The summed E-state index contributed by atoms with van der Waals surface area (Å²) in [5.74, 6) is -2.90. The molecule has 0 fully saturated rings. The molecule has 0 saturated carbocycles. The molecule has 5 nitrogen and oxygen atoms in total. The fourth-order valence-electron chi connectivity index (χ4n) is 3.33. The van der Waals surface area contributed by atoms with Gasteiger partial charge in [-0.25, -0.2) is 31.3 Å². The lowest BCUT2D eigenvalue weighted by molar-refractivity contribution is 0.497. The van der Waals surface area contributed by atoms with Crippen LogP contribution in [0.1, 0.15) is 22.3 Å². The fourth-order valence-corrected chi connectivity index (χ4v) is 4.51. The van der Waals surface area contributed by atoms with E-state index in [1.165, 1.54) is 24.3 Å². The van der Waals surface area contributed by atoms with E-state index in [9.17, 15) is 21.6 Å². The summed E-state index contributed by atoms with van der Waals surface area (Å²) < 4.78 is 69.7. The first-order chi connectivity index (χ1) is 14.7. The van der Waals surface area contributed by atoms with Crippen molar-refractivity contribution in [3.8, 4) is 0 Å². The third-order valence-electron chi connectivity index (χ3n) is 5.01. The Balaban J connectivity index is 1.75. The topological polar surface area (TPSA) is 70.6 Å². The summed E-state index contributed by atoms with van der Waals surface area (Å²) in [6.45, 7) is 1.89. The average molecular weight is 445 g/mol. The van der Waals surface area contributed by atoms with Gasteiger partial charge in [0, 0.05) is 12.0 Å². The number of aliphatic imine (C=N–C) groups is 1. The Kier molecular flexibility index (Phi) is 5.45. The summed E-state index contributed by atoms with van der Waals surface area (Å²) in [6, 6.07) is 13.4. The van der Waals surface area contributed by atoms with Gasteiger partial charge >= 0.3 is 0 Å². The molecular weight excluding hydrogens is 427 g/mol. The van der Waals surface area contributed by atoms with Crippen LogP contribution in [0, 0.1) is 24.4 Å². The first kappa shape index (κ1) is 20.9. The van der Waals surface area contributed by atoms with Gasteiger partial charge in [-0.3, -0.25) is 0 Å². The Bertz CT molecular complexity index is 1290. The van der Waals surface area contributed by atoms with E-state index in [4.69, 9.17) is 0 Å². The molecule has 0 aromatic heterocycles. The van der Waals surface area contributed by atoms with Crippen LogP contribution >= 0.6 is 0 Å². The molecule has 2 N–H and O–H groups in total. The standard InChI is InChI=1S/C22H18F3N3O2S/c1-13-4-2-3-5-15(13)10-17-20(25)18(24)11-19-21(17)27-22(28-31(19,29)30)26-12-14-6-8-16(23)9-7-14/h2-9,11H,10,12H2,1H3,(H2,26,27,28). The van der Waals surface area contributed by atoms with Gasteiger partial charge in [-0.1, -0.05) is 36.4 Å². The zero-order chi connectivity index (χ0) is 22.2. The molecule has 3 aromatic carbocycles. The van der Waals surface area contributed by atoms with E-state index < -0.39 is 32.4 Å². The van der Waals surface area contributed by atoms with Crippen molar-refractivity contribution in [2.24, 2.45) is 4.99 Å². The van der Waals surface area contributed by atoms with Crippen molar-refractivity contribution >= 4 is 21.7 Å². The van der Waals surface area contributed by atoms with Crippen molar-refractivity contribution in [3.63, 3.8) is 0 Å². The van der Waals surface area contributed by atoms with Crippen LogP contribution in [-0.2, 0) is 23.0 Å². The van der Waals surface area contributed by atoms with Gasteiger partial charge in [0.15, 0.2) is 11.6 Å². The van der Waals surface area contributed by atoms with Crippen molar-refractivity contribution in [1.29, 1.82) is 0 Å². The second-order valence-corrected chi connectivity index (χ2v) is 8.80. The van der Waals surface area contributed by atoms with Crippen molar-refractivity contribution in [3.05, 3.63) is 94.3 Å². The van der Waals surface area contributed by atoms with Crippen LogP contribution in [0.2, 0.25) is 0 Å². The van der Waals surface area contributed by atoms with Crippen molar-refractivity contribution in [1.82, 2.24) is 4.72 Å². The number of nitrogens with zero attached hydrogens (tertiary/aromatic N) is 1. The number of anilines is 1. The number of benzene rings is 3. The maximum atomic E-state index is 14.8. The number of fused-ring (bicyclic) bond motifs is 1. The second-order valence-electron chi connectivity index (χ2n) is 7.15. The maximum absolute atomic E-state index is 14.8. The molecule has 3 aromatic rings. The zero-order valence-corrected chi connectivity index (χ0v) is 17.2. The summed E-state index contributed by atoms with van der Waals surface area (Å²) >= 11 is 0. The maximum Gasteiger partial charge on any atom is 0.266 e. The molecule has 0 bridgehead atoms. The predicted octanol–water partition coefficient (Wildman–Crippen LogP) is 4.26. The molecule has 0 spiro atoms. The lowest BCUT2D eigenvalue weighted by atomic mass is 9.98. The number of nitrogens with one attached hydrogen (secondary N) is 2. The number of aryl methyl sites for hydroxylation is 1. The third-order valence-corrected chi connectivity index (χ3v) is 6.37. The van der Waals surface area contributed by atoms with E-state index in [-0.39, 0.29) is 30.2 Å². The quantitative estimate of drug-likeness (QED) is 0.630. The molecule has 1 aliphatic heterocycles. The van der Waals surface area contributed by atoms with Gasteiger partial charge in [0.05, 0.1) is 12.2 Å². The van der Waals surface area contributed by atoms with Gasteiger partial charge in [-0.2, -0.15) is 0 Å². The van der Waals surface area contributed by atoms with E-state index in [1.54, 1.807) is 12.1 Å². The smallest absolute Gasteiger partial charge is 0.266 e. The predicted molar refractivity (Wildman–Crippen MR) is 112 cm³/mol. The van der Waals surface area contributed by atoms with E-state index in [0.717, 1.165) is 11.1 Å². The van der Waals surface area contributed by atoms with Crippen LogP contribution < -0.4 is 10.0 Å². The minimum absolute atomic E-state index is 0.00758. The van der Waals surface area contributed by atoms with Crippen molar-refractivity contribution in [2.45, 2.75) is 24.8 Å².